The molecule has 1 saturated heterocycles. The van der Waals surface area contributed by atoms with Gasteiger partial charge in [0.2, 0.25) is 0 Å². The molecule has 180 valence electrons. The van der Waals surface area contributed by atoms with Gasteiger partial charge < -0.3 is 14.4 Å². The van der Waals surface area contributed by atoms with E-state index in [1.807, 2.05) is 97.9 Å². The zero-order chi connectivity index (χ0) is 24.9. The lowest BCUT2D eigenvalue weighted by Crippen LogP contribution is -2.50. The molecule has 0 bridgehead atoms. The van der Waals surface area contributed by atoms with E-state index >= 15 is 0 Å². The van der Waals surface area contributed by atoms with Crippen LogP contribution >= 0.6 is 0 Å². The van der Waals surface area contributed by atoms with Crippen LogP contribution in [0.3, 0.4) is 0 Å². The Morgan fingerprint density at radius 2 is 1.03 bits per heavy atom. The van der Waals surface area contributed by atoms with Crippen molar-refractivity contribution in [2.24, 2.45) is 0 Å². The third-order valence-electron chi connectivity index (χ3n) is 6.43. The monoisotopic (exact) mass is 472 g/mol. The van der Waals surface area contributed by atoms with Crippen LogP contribution in [0.4, 0.5) is 4.79 Å². The number of amides is 2. The summed E-state index contributed by atoms with van der Waals surface area (Å²) < 4.78 is 10.2. The van der Waals surface area contributed by atoms with E-state index in [0.29, 0.717) is 0 Å². The summed E-state index contributed by atoms with van der Waals surface area (Å²) in [7, 11) is 2.50. The minimum absolute atomic E-state index is 0.454. The van der Waals surface area contributed by atoms with Crippen LogP contribution in [0.2, 0.25) is 0 Å². The summed E-state index contributed by atoms with van der Waals surface area (Å²) in [6.07, 6.45) is 0. The molecule has 7 heteroatoms. The lowest BCUT2D eigenvalue weighted by atomic mass is 9.95. The fourth-order valence-electron chi connectivity index (χ4n) is 4.76. The Hall–Kier alpha value is -4.13. The van der Waals surface area contributed by atoms with Gasteiger partial charge in [-0.3, -0.25) is 4.90 Å². The lowest BCUT2D eigenvalue weighted by molar-refractivity contribution is -0.155. The van der Waals surface area contributed by atoms with E-state index in [9.17, 15) is 14.4 Å². The first-order valence-electron chi connectivity index (χ1n) is 11.4. The van der Waals surface area contributed by atoms with Crippen LogP contribution in [-0.2, 0) is 19.1 Å². The summed E-state index contributed by atoms with van der Waals surface area (Å²) in [5.74, 6) is -1.37. The van der Waals surface area contributed by atoms with Crippen LogP contribution in [0.1, 0.15) is 35.7 Å². The Morgan fingerprint density at radius 3 is 1.43 bits per heavy atom. The molecule has 2 amide bonds. The van der Waals surface area contributed by atoms with Gasteiger partial charge in [0.05, 0.1) is 26.3 Å². The summed E-state index contributed by atoms with van der Waals surface area (Å²) in [4.78, 5) is 43.4. The predicted molar refractivity (Wildman–Crippen MR) is 130 cm³/mol. The second-order valence-electron chi connectivity index (χ2n) is 8.34. The highest BCUT2D eigenvalue weighted by molar-refractivity contribution is 5.97. The van der Waals surface area contributed by atoms with Crippen molar-refractivity contribution < 1.29 is 23.9 Å². The van der Waals surface area contributed by atoms with Gasteiger partial charge in [0, 0.05) is 0 Å². The van der Waals surface area contributed by atoms with Crippen molar-refractivity contribution in [2.75, 3.05) is 14.2 Å². The highest BCUT2D eigenvalue weighted by atomic mass is 16.5. The molecule has 1 aliphatic heterocycles. The van der Waals surface area contributed by atoms with Crippen LogP contribution in [0.5, 0.6) is 0 Å². The van der Waals surface area contributed by atoms with Gasteiger partial charge in [0.25, 0.3) is 0 Å². The third-order valence-corrected chi connectivity index (χ3v) is 6.43. The van der Waals surface area contributed by atoms with Gasteiger partial charge in [0.15, 0.2) is 12.1 Å². The number of nitrogens with zero attached hydrogens (tertiary/aromatic N) is 2. The quantitative estimate of drug-likeness (QED) is 0.478. The Morgan fingerprint density at radius 1 is 0.657 bits per heavy atom. The molecule has 3 atom stereocenters. The summed E-state index contributed by atoms with van der Waals surface area (Å²) in [5, 5.41) is 0. The summed E-state index contributed by atoms with van der Waals surface area (Å²) in [6.45, 7) is 1.83. The average molecular weight is 473 g/mol. The maximum atomic E-state index is 14.2. The molecule has 35 heavy (non-hydrogen) atoms. The molecule has 0 saturated carbocycles. The summed E-state index contributed by atoms with van der Waals surface area (Å²) in [5.41, 5.74) is 2.44. The molecule has 0 aliphatic carbocycles. The molecule has 0 aromatic heterocycles. The fourth-order valence-corrected chi connectivity index (χ4v) is 4.76. The van der Waals surface area contributed by atoms with Crippen LogP contribution in [-0.4, -0.2) is 54.1 Å². The normalized spacial score (nSPS) is 18.5. The molecule has 0 spiro atoms. The highest BCUT2D eigenvalue weighted by Gasteiger charge is 2.58. The van der Waals surface area contributed by atoms with E-state index in [-0.39, 0.29) is 0 Å². The number of esters is 2. The zero-order valence-corrected chi connectivity index (χ0v) is 19.9. The zero-order valence-electron chi connectivity index (χ0n) is 19.9. The molecular formula is C28H28N2O5. The van der Waals surface area contributed by atoms with E-state index in [0.717, 1.165) is 16.7 Å². The Bertz CT molecular complexity index is 1130. The molecule has 4 rings (SSSR count). The number of benzene rings is 3. The minimum Gasteiger partial charge on any atom is -0.467 e. The number of hydrogen-bond donors (Lipinski definition) is 0. The smallest absolute Gasteiger partial charge is 0.331 e. The van der Waals surface area contributed by atoms with Crippen LogP contribution < -0.4 is 0 Å². The third kappa shape index (κ3) is 4.49. The molecule has 0 radical (unpaired) electrons. The van der Waals surface area contributed by atoms with E-state index in [2.05, 4.69) is 0 Å². The first-order valence-corrected chi connectivity index (χ1v) is 11.4. The number of hydrogen-bond acceptors (Lipinski definition) is 5. The van der Waals surface area contributed by atoms with Gasteiger partial charge in [-0.2, -0.15) is 0 Å². The highest BCUT2D eigenvalue weighted by Crippen LogP contribution is 2.41. The van der Waals surface area contributed by atoms with Crippen molar-refractivity contribution in [2.45, 2.75) is 31.1 Å². The molecule has 3 unspecified atom stereocenters. The Labute approximate surface area is 204 Å². The molecule has 3 aromatic rings. The van der Waals surface area contributed by atoms with E-state index in [1.54, 1.807) is 0 Å². The van der Waals surface area contributed by atoms with Crippen LogP contribution in [0, 0.1) is 0 Å². The van der Waals surface area contributed by atoms with Crippen molar-refractivity contribution in [1.82, 2.24) is 9.80 Å². The van der Waals surface area contributed by atoms with E-state index in [1.165, 1.54) is 24.0 Å². The first-order chi connectivity index (χ1) is 17.0. The number of methoxy groups -OCH3 is 2. The maximum absolute atomic E-state index is 14.2. The number of urea groups is 1. The fraction of sp³-hybridized carbons (Fsp3) is 0.250. The average Bonchev–Trinajstić information content (AvgIpc) is 3.21. The lowest BCUT2D eigenvalue weighted by Gasteiger charge is -2.32. The van der Waals surface area contributed by atoms with Crippen molar-refractivity contribution in [3.8, 4) is 0 Å². The van der Waals surface area contributed by atoms with E-state index < -0.39 is 42.1 Å². The van der Waals surface area contributed by atoms with Crippen LogP contribution in [0.25, 0.3) is 0 Å². The number of carbonyl (C=O) groups excluding carboxylic acids is 3. The molecule has 7 nitrogen and oxygen atoms in total. The topological polar surface area (TPSA) is 76.2 Å². The molecule has 3 aromatic carbocycles. The van der Waals surface area contributed by atoms with Gasteiger partial charge in [-0.25, -0.2) is 14.4 Å². The molecule has 0 N–H and O–H groups in total. The van der Waals surface area contributed by atoms with Crippen molar-refractivity contribution in [3.63, 3.8) is 0 Å². The Balaban J connectivity index is 1.92. The SMILES string of the molecule is COC(=O)C1C(C(=O)OC)N(C(c2ccccc2)c2ccccc2)C(=O)N1C(C)c1ccccc1. The summed E-state index contributed by atoms with van der Waals surface area (Å²) in [6, 6.07) is 24.3. The number of carbonyl (C=O) groups is 3. The predicted octanol–water partition coefficient (Wildman–Crippen LogP) is 4.36. The van der Waals surface area contributed by atoms with Crippen molar-refractivity contribution in [1.29, 1.82) is 0 Å². The van der Waals surface area contributed by atoms with Gasteiger partial charge in [-0.05, 0) is 23.6 Å². The second-order valence-corrected chi connectivity index (χ2v) is 8.34. The van der Waals surface area contributed by atoms with Gasteiger partial charge in [0.1, 0.15) is 0 Å². The largest absolute Gasteiger partial charge is 0.467 e. The van der Waals surface area contributed by atoms with Gasteiger partial charge >= 0.3 is 18.0 Å². The maximum Gasteiger partial charge on any atom is 0.331 e. The van der Waals surface area contributed by atoms with Crippen LogP contribution in [0.15, 0.2) is 91.0 Å². The minimum atomic E-state index is -1.21. The second kappa shape index (κ2) is 10.4. The number of ether oxygens (including phenoxy) is 2. The van der Waals surface area contributed by atoms with E-state index in [4.69, 9.17) is 9.47 Å². The molecule has 1 fully saturated rings. The molecular weight excluding hydrogens is 444 g/mol. The van der Waals surface area contributed by atoms with Gasteiger partial charge in [-0.15, -0.1) is 0 Å². The molecule has 1 heterocycles. The first kappa shape index (κ1) is 24.0. The number of rotatable bonds is 7. The van der Waals surface area contributed by atoms with Crippen molar-refractivity contribution >= 4 is 18.0 Å². The summed E-state index contributed by atoms with van der Waals surface area (Å²) >= 11 is 0. The Kier molecular flexibility index (Phi) is 7.15. The molecule has 1 aliphatic rings. The van der Waals surface area contributed by atoms with Crippen molar-refractivity contribution in [3.05, 3.63) is 108 Å². The standard InChI is InChI=1S/C28H28N2O5/c1-19(20-13-7-4-8-14-20)29-24(26(31)34-2)25(27(32)35-3)30(28(29)33)23(21-15-9-5-10-16-21)22-17-11-6-12-18-22/h4-19,23-25H,1-3H3. The van der Waals surface area contributed by atoms with Gasteiger partial charge in [-0.1, -0.05) is 91.0 Å².